The Morgan fingerprint density at radius 1 is 1.33 bits per heavy atom. The van der Waals surface area contributed by atoms with Gasteiger partial charge in [-0.3, -0.25) is 0 Å². The summed E-state index contributed by atoms with van der Waals surface area (Å²) in [6, 6.07) is 5.63. The van der Waals surface area contributed by atoms with E-state index in [4.69, 9.17) is 5.73 Å². The van der Waals surface area contributed by atoms with E-state index in [1.165, 1.54) is 0 Å². The molecule has 0 unspecified atom stereocenters. The molecular weight excluding hydrogens is 228 g/mol. The van der Waals surface area contributed by atoms with Gasteiger partial charge in [0.1, 0.15) is 12.1 Å². The van der Waals surface area contributed by atoms with Crippen LogP contribution in [0.15, 0.2) is 24.5 Å². The lowest BCUT2D eigenvalue weighted by atomic mass is 9.82. The van der Waals surface area contributed by atoms with Crippen LogP contribution in [0, 0.1) is 5.92 Å². The van der Waals surface area contributed by atoms with Crippen LogP contribution in [-0.2, 0) is 0 Å². The summed E-state index contributed by atoms with van der Waals surface area (Å²) in [6.07, 6.45) is 3.19. The molecule has 1 aromatic heterocycles. The highest BCUT2D eigenvalue weighted by atomic mass is 16.3. The Morgan fingerprint density at radius 2 is 2.17 bits per heavy atom. The van der Waals surface area contributed by atoms with Gasteiger partial charge < -0.3 is 16.2 Å². The molecule has 1 heterocycles. The van der Waals surface area contributed by atoms with Crippen LogP contribution in [-0.4, -0.2) is 27.7 Å². The molecule has 2 aromatic rings. The van der Waals surface area contributed by atoms with Crippen LogP contribution in [0.1, 0.15) is 12.8 Å². The highest BCUT2D eigenvalue weighted by Gasteiger charge is 2.26. The van der Waals surface area contributed by atoms with Crippen molar-refractivity contribution in [3.63, 3.8) is 0 Å². The van der Waals surface area contributed by atoms with E-state index >= 15 is 0 Å². The number of hydrogen-bond acceptors (Lipinski definition) is 5. The van der Waals surface area contributed by atoms with E-state index in [-0.39, 0.29) is 6.10 Å². The van der Waals surface area contributed by atoms with Crippen molar-refractivity contribution in [3.8, 4) is 0 Å². The van der Waals surface area contributed by atoms with Crippen molar-refractivity contribution >= 4 is 22.4 Å². The average Bonchev–Trinajstić information content (AvgIpc) is 2.32. The first-order valence-electron chi connectivity index (χ1n) is 6.14. The number of aliphatic hydroxyl groups is 1. The predicted octanol–water partition coefficient (Wildman–Crippen LogP) is 1.39. The number of nitrogen functional groups attached to an aromatic ring is 1. The van der Waals surface area contributed by atoms with Gasteiger partial charge in [-0.15, -0.1) is 0 Å². The zero-order chi connectivity index (χ0) is 12.5. The Balaban J connectivity index is 1.79. The third kappa shape index (κ3) is 2.09. The van der Waals surface area contributed by atoms with E-state index in [1.54, 1.807) is 6.33 Å². The minimum atomic E-state index is -0.112. The average molecular weight is 244 g/mol. The Bertz CT molecular complexity index is 566. The number of fused-ring (bicyclic) bond motifs is 1. The summed E-state index contributed by atoms with van der Waals surface area (Å²) < 4.78 is 0. The highest BCUT2D eigenvalue weighted by Crippen LogP contribution is 2.28. The van der Waals surface area contributed by atoms with Crippen LogP contribution in [0.3, 0.4) is 0 Å². The lowest BCUT2D eigenvalue weighted by Crippen LogP contribution is -2.33. The first-order chi connectivity index (χ1) is 8.72. The standard InChI is InChI=1S/C13H16N4O/c14-9-1-2-11-12(5-9)16-7-17-13(11)15-6-8-3-10(18)4-8/h1-2,5,7-8,10,18H,3-4,6,14H2,(H,15,16,17). The Labute approximate surface area is 105 Å². The molecule has 1 saturated carbocycles. The SMILES string of the molecule is Nc1ccc2c(NCC3CC(O)C3)ncnc2c1. The van der Waals surface area contributed by atoms with Gasteiger partial charge in [-0.05, 0) is 37.0 Å². The summed E-state index contributed by atoms with van der Waals surface area (Å²) in [7, 11) is 0. The van der Waals surface area contributed by atoms with E-state index < -0.39 is 0 Å². The second kappa shape index (κ2) is 4.42. The number of hydrogen-bond donors (Lipinski definition) is 3. The van der Waals surface area contributed by atoms with Gasteiger partial charge in [0.05, 0.1) is 11.6 Å². The molecule has 4 N–H and O–H groups in total. The quantitative estimate of drug-likeness (QED) is 0.711. The van der Waals surface area contributed by atoms with Crippen LogP contribution in [0.25, 0.3) is 10.9 Å². The molecule has 5 heteroatoms. The normalized spacial score (nSPS) is 22.7. The molecule has 0 atom stereocenters. The van der Waals surface area contributed by atoms with E-state index in [0.29, 0.717) is 11.6 Å². The van der Waals surface area contributed by atoms with Crippen molar-refractivity contribution in [2.24, 2.45) is 5.92 Å². The fourth-order valence-electron chi connectivity index (χ4n) is 2.32. The largest absolute Gasteiger partial charge is 0.399 e. The Kier molecular flexibility index (Phi) is 2.76. The number of anilines is 2. The molecule has 0 bridgehead atoms. The van der Waals surface area contributed by atoms with Gasteiger partial charge in [0, 0.05) is 17.6 Å². The summed E-state index contributed by atoms with van der Waals surface area (Å²) in [6.45, 7) is 0.841. The molecule has 1 aliphatic carbocycles. The molecule has 18 heavy (non-hydrogen) atoms. The number of aromatic nitrogens is 2. The molecule has 5 nitrogen and oxygen atoms in total. The topological polar surface area (TPSA) is 84.1 Å². The molecule has 0 aliphatic heterocycles. The van der Waals surface area contributed by atoms with Crippen molar-refractivity contribution in [1.29, 1.82) is 0 Å². The smallest absolute Gasteiger partial charge is 0.137 e. The zero-order valence-corrected chi connectivity index (χ0v) is 10.0. The number of rotatable bonds is 3. The Morgan fingerprint density at radius 3 is 2.94 bits per heavy atom. The molecule has 0 amide bonds. The van der Waals surface area contributed by atoms with Crippen LogP contribution in [0.5, 0.6) is 0 Å². The maximum atomic E-state index is 9.25. The first kappa shape index (κ1) is 11.2. The predicted molar refractivity (Wildman–Crippen MR) is 71.2 cm³/mol. The molecular formula is C13H16N4O. The van der Waals surface area contributed by atoms with Crippen LogP contribution in [0.2, 0.25) is 0 Å². The Hall–Kier alpha value is -1.88. The second-order valence-corrected chi connectivity index (χ2v) is 4.87. The summed E-state index contributed by atoms with van der Waals surface area (Å²) in [5.41, 5.74) is 7.28. The number of nitrogens with zero attached hydrogens (tertiary/aromatic N) is 2. The fraction of sp³-hybridized carbons (Fsp3) is 0.385. The van der Waals surface area contributed by atoms with Gasteiger partial charge in [-0.1, -0.05) is 0 Å². The highest BCUT2D eigenvalue weighted by molar-refractivity contribution is 5.90. The second-order valence-electron chi connectivity index (χ2n) is 4.87. The summed E-state index contributed by atoms with van der Waals surface area (Å²) in [5.74, 6) is 1.38. The van der Waals surface area contributed by atoms with Crippen molar-refractivity contribution in [1.82, 2.24) is 9.97 Å². The van der Waals surface area contributed by atoms with Gasteiger partial charge >= 0.3 is 0 Å². The summed E-state index contributed by atoms with van der Waals surface area (Å²) in [4.78, 5) is 8.47. The third-order valence-corrected chi connectivity index (χ3v) is 3.43. The maximum absolute atomic E-state index is 9.25. The molecule has 1 aromatic carbocycles. The van der Waals surface area contributed by atoms with Crippen LogP contribution >= 0.6 is 0 Å². The zero-order valence-electron chi connectivity index (χ0n) is 10.0. The molecule has 1 aliphatic rings. The van der Waals surface area contributed by atoms with Crippen molar-refractivity contribution < 1.29 is 5.11 Å². The first-order valence-corrected chi connectivity index (χ1v) is 6.14. The lowest BCUT2D eigenvalue weighted by molar-refractivity contribution is 0.0486. The molecule has 0 radical (unpaired) electrons. The number of aliphatic hydroxyl groups excluding tert-OH is 1. The third-order valence-electron chi connectivity index (χ3n) is 3.43. The van der Waals surface area contributed by atoms with Gasteiger partial charge in [0.2, 0.25) is 0 Å². The van der Waals surface area contributed by atoms with Gasteiger partial charge in [-0.2, -0.15) is 0 Å². The minimum Gasteiger partial charge on any atom is -0.399 e. The van der Waals surface area contributed by atoms with Crippen molar-refractivity contribution in [2.75, 3.05) is 17.6 Å². The number of benzene rings is 1. The van der Waals surface area contributed by atoms with E-state index in [0.717, 1.165) is 36.1 Å². The van der Waals surface area contributed by atoms with E-state index in [2.05, 4.69) is 15.3 Å². The van der Waals surface area contributed by atoms with Gasteiger partial charge in [-0.25, -0.2) is 9.97 Å². The molecule has 0 saturated heterocycles. The molecule has 0 spiro atoms. The van der Waals surface area contributed by atoms with E-state index in [9.17, 15) is 5.11 Å². The molecule has 94 valence electrons. The minimum absolute atomic E-state index is 0.112. The maximum Gasteiger partial charge on any atom is 0.137 e. The van der Waals surface area contributed by atoms with Gasteiger partial charge in [0.25, 0.3) is 0 Å². The molecule has 3 rings (SSSR count). The summed E-state index contributed by atoms with van der Waals surface area (Å²) >= 11 is 0. The van der Waals surface area contributed by atoms with E-state index in [1.807, 2.05) is 18.2 Å². The van der Waals surface area contributed by atoms with Crippen LogP contribution < -0.4 is 11.1 Å². The fourth-order valence-corrected chi connectivity index (χ4v) is 2.32. The monoisotopic (exact) mass is 244 g/mol. The number of nitrogens with two attached hydrogens (primary N) is 1. The summed E-state index contributed by atoms with van der Waals surface area (Å²) in [5, 5.41) is 13.6. The molecule has 1 fully saturated rings. The van der Waals surface area contributed by atoms with Gasteiger partial charge in [0.15, 0.2) is 0 Å². The van der Waals surface area contributed by atoms with Crippen molar-refractivity contribution in [3.05, 3.63) is 24.5 Å². The number of nitrogens with one attached hydrogen (secondary N) is 1. The van der Waals surface area contributed by atoms with Crippen LogP contribution in [0.4, 0.5) is 11.5 Å². The lowest BCUT2D eigenvalue weighted by Gasteiger charge is -2.31. The van der Waals surface area contributed by atoms with Crippen molar-refractivity contribution in [2.45, 2.75) is 18.9 Å².